The van der Waals surface area contributed by atoms with Gasteiger partial charge in [-0.3, -0.25) is 0 Å². The zero-order valence-corrected chi connectivity index (χ0v) is 8.83. The fraction of sp³-hybridized carbons (Fsp3) is 0.333. The summed E-state index contributed by atoms with van der Waals surface area (Å²) in [6, 6.07) is 6.68. The van der Waals surface area contributed by atoms with E-state index in [1.165, 1.54) is 12.1 Å². The van der Waals surface area contributed by atoms with Gasteiger partial charge in [-0.05, 0) is 24.3 Å². The van der Waals surface area contributed by atoms with Crippen LogP contribution in [0.1, 0.15) is 0 Å². The second-order valence-electron chi connectivity index (χ2n) is 3.45. The van der Waals surface area contributed by atoms with Crippen LogP contribution in [0.25, 0.3) is 0 Å². The Hall–Kier alpha value is -1.11. The topological polar surface area (TPSA) is 81.4 Å². The number of nitrogens with one attached hydrogen (secondary N) is 1. The van der Waals surface area contributed by atoms with Crippen molar-refractivity contribution in [2.75, 3.05) is 18.5 Å². The van der Waals surface area contributed by atoms with Crippen LogP contribution in [0.15, 0.2) is 29.2 Å². The molecule has 3 N–H and O–H groups in total. The van der Waals surface area contributed by atoms with Crippen molar-refractivity contribution in [2.45, 2.75) is 10.9 Å². The Morgan fingerprint density at radius 3 is 2.27 bits per heavy atom. The second-order valence-corrected chi connectivity index (χ2v) is 5.01. The predicted molar refractivity (Wildman–Crippen MR) is 56.0 cm³/mol. The molecule has 0 bridgehead atoms. The summed E-state index contributed by atoms with van der Waals surface area (Å²) < 4.78 is 26.9. The van der Waals surface area contributed by atoms with Crippen molar-refractivity contribution in [3.05, 3.63) is 24.3 Å². The lowest BCUT2D eigenvalue weighted by atomic mass is 10.2. The second kappa shape index (κ2) is 3.80. The number of hydrogen-bond acceptors (Lipinski definition) is 4. The SMILES string of the molecule is NS(=O)(=O)c1ccc(NC2COC2)cc1. The molecular formula is C9H12N2O3S. The average Bonchev–Trinajstić information content (AvgIpc) is 2.11. The van der Waals surface area contributed by atoms with Gasteiger partial charge in [0.1, 0.15) is 0 Å². The molecule has 0 amide bonds. The number of anilines is 1. The van der Waals surface area contributed by atoms with Gasteiger partial charge in [0.2, 0.25) is 10.0 Å². The van der Waals surface area contributed by atoms with Crippen molar-refractivity contribution in [3.8, 4) is 0 Å². The van der Waals surface area contributed by atoms with Gasteiger partial charge in [0.05, 0.1) is 24.2 Å². The summed E-state index contributed by atoms with van der Waals surface area (Å²) in [5, 5.41) is 8.17. The Morgan fingerprint density at radius 1 is 1.27 bits per heavy atom. The van der Waals surface area contributed by atoms with E-state index < -0.39 is 10.0 Å². The van der Waals surface area contributed by atoms with E-state index in [1.807, 2.05) is 0 Å². The minimum absolute atomic E-state index is 0.123. The van der Waals surface area contributed by atoms with Crippen LogP contribution < -0.4 is 10.5 Å². The first-order valence-corrected chi connectivity index (χ1v) is 6.07. The molecule has 5 nitrogen and oxygen atoms in total. The minimum Gasteiger partial charge on any atom is -0.378 e. The lowest BCUT2D eigenvalue weighted by molar-refractivity contribution is 0.0211. The average molecular weight is 228 g/mol. The van der Waals surface area contributed by atoms with Gasteiger partial charge in [0.25, 0.3) is 0 Å². The highest BCUT2D eigenvalue weighted by Crippen LogP contribution is 2.15. The van der Waals surface area contributed by atoms with Crippen molar-refractivity contribution in [1.82, 2.24) is 0 Å². The van der Waals surface area contributed by atoms with E-state index in [-0.39, 0.29) is 4.90 Å². The van der Waals surface area contributed by atoms with E-state index in [1.54, 1.807) is 12.1 Å². The van der Waals surface area contributed by atoms with Crippen LogP contribution in [-0.4, -0.2) is 27.7 Å². The first kappa shape index (κ1) is 10.4. The Labute approximate surface area is 88.3 Å². The highest BCUT2D eigenvalue weighted by Gasteiger charge is 2.17. The van der Waals surface area contributed by atoms with E-state index in [4.69, 9.17) is 9.88 Å². The van der Waals surface area contributed by atoms with Crippen molar-refractivity contribution < 1.29 is 13.2 Å². The quantitative estimate of drug-likeness (QED) is 0.771. The Morgan fingerprint density at radius 2 is 1.87 bits per heavy atom. The molecule has 0 radical (unpaired) electrons. The molecule has 0 saturated carbocycles. The monoisotopic (exact) mass is 228 g/mol. The Balaban J connectivity index is 2.09. The summed E-state index contributed by atoms with van der Waals surface area (Å²) in [4.78, 5) is 0.123. The molecule has 0 aliphatic carbocycles. The van der Waals surface area contributed by atoms with E-state index in [0.29, 0.717) is 19.3 Å². The van der Waals surface area contributed by atoms with Crippen molar-refractivity contribution in [2.24, 2.45) is 5.14 Å². The third-order valence-corrected chi connectivity index (χ3v) is 3.12. The molecule has 1 aliphatic rings. The number of nitrogens with two attached hydrogens (primary N) is 1. The smallest absolute Gasteiger partial charge is 0.238 e. The van der Waals surface area contributed by atoms with E-state index in [0.717, 1.165) is 5.69 Å². The van der Waals surface area contributed by atoms with Crippen LogP contribution in [-0.2, 0) is 14.8 Å². The molecule has 15 heavy (non-hydrogen) atoms. The molecule has 0 unspecified atom stereocenters. The van der Waals surface area contributed by atoms with Crippen molar-refractivity contribution >= 4 is 15.7 Å². The molecule has 6 heteroatoms. The normalized spacial score (nSPS) is 17.1. The molecule has 82 valence electrons. The van der Waals surface area contributed by atoms with E-state index >= 15 is 0 Å². The van der Waals surface area contributed by atoms with Gasteiger partial charge < -0.3 is 10.1 Å². The number of rotatable bonds is 3. The summed E-state index contributed by atoms with van der Waals surface area (Å²) in [7, 11) is -3.59. The fourth-order valence-electron chi connectivity index (χ4n) is 1.30. The summed E-state index contributed by atoms with van der Waals surface area (Å²) in [5.41, 5.74) is 0.871. The Bertz CT molecular complexity index is 437. The van der Waals surface area contributed by atoms with Gasteiger partial charge in [-0.15, -0.1) is 0 Å². The fourth-order valence-corrected chi connectivity index (χ4v) is 1.81. The maximum Gasteiger partial charge on any atom is 0.238 e. The molecule has 2 rings (SSSR count). The summed E-state index contributed by atoms with van der Waals surface area (Å²) in [6.45, 7) is 1.38. The number of benzene rings is 1. The largest absolute Gasteiger partial charge is 0.378 e. The maximum absolute atomic E-state index is 11.0. The Kier molecular flexibility index (Phi) is 2.64. The van der Waals surface area contributed by atoms with Crippen molar-refractivity contribution in [3.63, 3.8) is 0 Å². The summed E-state index contributed by atoms with van der Waals surface area (Å²) >= 11 is 0. The molecule has 1 heterocycles. The number of sulfonamides is 1. The van der Waals surface area contributed by atoms with Gasteiger partial charge in [0.15, 0.2) is 0 Å². The van der Waals surface area contributed by atoms with Crippen LogP contribution in [0.2, 0.25) is 0 Å². The molecule has 1 aromatic carbocycles. The molecule has 0 aromatic heterocycles. The molecular weight excluding hydrogens is 216 g/mol. The van der Waals surface area contributed by atoms with Gasteiger partial charge in [-0.2, -0.15) is 0 Å². The maximum atomic E-state index is 11.0. The molecule has 1 fully saturated rings. The zero-order valence-electron chi connectivity index (χ0n) is 8.01. The standard InChI is InChI=1S/C9H12N2O3S/c10-15(12,13)9-3-1-7(2-4-9)11-8-5-14-6-8/h1-4,8,11H,5-6H2,(H2,10,12,13). The first-order chi connectivity index (χ1) is 7.05. The van der Waals surface area contributed by atoms with Gasteiger partial charge in [-0.1, -0.05) is 0 Å². The summed E-state index contributed by atoms with van der Waals surface area (Å²) in [6.07, 6.45) is 0. The zero-order chi connectivity index (χ0) is 10.9. The van der Waals surface area contributed by atoms with E-state index in [9.17, 15) is 8.42 Å². The van der Waals surface area contributed by atoms with Crippen LogP contribution in [0.3, 0.4) is 0 Å². The number of hydrogen-bond donors (Lipinski definition) is 2. The lowest BCUT2D eigenvalue weighted by Gasteiger charge is -2.27. The third-order valence-electron chi connectivity index (χ3n) is 2.19. The molecule has 1 saturated heterocycles. The lowest BCUT2D eigenvalue weighted by Crippen LogP contribution is -2.40. The van der Waals surface area contributed by atoms with E-state index in [2.05, 4.69) is 5.32 Å². The van der Waals surface area contributed by atoms with Crippen molar-refractivity contribution in [1.29, 1.82) is 0 Å². The van der Waals surface area contributed by atoms with Gasteiger partial charge in [-0.25, -0.2) is 13.6 Å². The molecule has 0 atom stereocenters. The minimum atomic E-state index is -3.59. The summed E-state index contributed by atoms with van der Waals surface area (Å²) in [5.74, 6) is 0. The molecule has 0 spiro atoms. The van der Waals surface area contributed by atoms with Crippen LogP contribution >= 0.6 is 0 Å². The highest BCUT2D eigenvalue weighted by atomic mass is 32.2. The highest BCUT2D eigenvalue weighted by molar-refractivity contribution is 7.89. The number of ether oxygens (including phenoxy) is 1. The van der Waals surface area contributed by atoms with Gasteiger partial charge >= 0.3 is 0 Å². The number of primary sulfonamides is 1. The van der Waals surface area contributed by atoms with Gasteiger partial charge in [0, 0.05) is 5.69 Å². The van der Waals surface area contributed by atoms with Crippen LogP contribution in [0.5, 0.6) is 0 Å². The van der Waals surface area contributed by atoms with Crippen LogP contribution in [0, 0.1) is 0 Å². The molecule has 1 aliphatic heterocycles. The third kappa shape index (κ3) is 2.47. The first-order valence-electron chi connectivity index (χ1n) is 4.53. The predicted octanol–water partition coefficient (Wildman–Crippen LogP) is 0.145. The molecule has 1 aromatic rings. The van der Waals surface area contributed by atoms with Crippen LogP contribution in [0.4, 0.5) is 5.69 Å².